The van der Waals surface area contributed by atoms with Gasteiger partial charge in [-0.25, -0.2) is 4.39 Å². The van der Waals surface area contributed by atoms with Crippen LogP contribution in [-0.4, -0.2) is 17.4 Å². The van der Waals surface area contributed by atoms with Crippen molar-refractivity contribution in [2.24, 2.45) is 0 Å². The third kappa shape index (κ3) is 6.59. The molecule has 0 aliphatic rings. The molecule has 0 saturated carbocycles. The summed E-state index contributed by atoms with van der Waals surface area (Å²) in [7, 11) is 0. The van der Waals surface area contributed by atoms with Crippen LogP contribution >= 0.6 is 27.5 Å². The predicted molar refractivity (Wildman–Crippen MR) is 136 cm³/mol. The Balaban J connectivity index is 1.86. The minimum atomic E-state index is -0.775. The van der Waals surface area contributed by atoms with Crippen LogP contribution in [0.2, 0.25) is 5.02 Å². The zero-order valence-corrected chi connectivity index (χ0v) is 21.1. The minimum Gasteiger partial charge on any atom is -0.490 e. The van der Waals surface area contributed by atoms with E-state index in [4.69, 9.17) is 21.1 Å². The van der Waals surface area contributed by atoms with Gasteiger partial charge >= 0.3 is 0 Å². The van der Waals surface area contributed by atoms with Gasteiger partial charge in [-0.15, -0.1) is 0 Å². The lowest BCUT2D eigenvalue weighted by Gasteiger charge is -2.15. The van der Waals surface area contributed by atoms with Crippen molar-refractivity contribution in [3.05, 3.63) is 96.7 Å². The number of nitrogens with zero attached hydrogens (tertiary/aromatic N) is 2. The molecule has 0 aliphatic carbocycles. The Morgan fingerprint density at radius 1 is 1.25 bits per heavy atom. The van der Waals surface area contributed by atoms with E-state index < -0.39 is 16.6 Å². The molecule has 0 radical (unpaired) electrons. The normalized spacial score (nSPS) is 10.9. The number of nitro groups is 1. The maximum atomic E-state index is 14.0. The monoisotopic (exact) mass is 573 g/mol. The maximum absolute atomic E-state index is 14.0. The van der Waals surface area contributed by atoms with Crippen molar-refractivity contribution in [2.75, 3.05) is 11.9 Å². The Kier molecular flexibility index (Phi) is 9.00. The number of nitrogens with one attached hydrogen (secondary N) is 1. The van der Waals surface area contributed by atoms with Crippen LogP contribution in [0.25, 0.3) is 6.08 Å². The quantitative estimate of drug-likeness (QED) is 0.132. The smallest absolute Gasteiger partial charge is 0.289 e. The van der Waals surface area contributed by atoms with Crippen LogP contribution in [-0.2, 0) is 11.4 Å². The van der Waals surface area contributed by atoms with E-state index in [0.29, 0.717) is 33.7 Å². The van der Waals surface area contributed by atoms with Gasteiger partial charge in [0.2, 0.25) is 0 Å². The number of benzene rings is 3. The van der Waals surface area contributed by atoms with Crippen molar-refractivity contribution < 1.29 is 23.6 Å². The number of rotatable bonds is 9. The summed E-state index contributed by atoms with van der Waals surface area (Å²) in [6.45, 7) is 2.03. The first-order valence-electron chi connectivity index (χ1n) is 10.4. The average molecular weight is 575 g/mol. The summed E-state index contributed by atoms with van der Waals surface area (Å²) in [4.78, 5) is 23.1. The second-order valence-corrected chi connectivity index (χ2v) is 8.45. The van der Waals surface area contributed by atoms with Gasteiger partial charge < -0.3 is 14.8 Å². The molecule has 1 amide bonds. The lowest BCUT2D eigenvalue weighted by atomic mass is 10.1. The van der Waals surface area contributed by atoms with Crippen LogP contribution in [0.3, 0.4) is 0 Å². The Bertz CT molecular complexity index is 1390. The number of carbonyl (C=O) groups is 1. The fourth-order valence-corrected chi connectivity index (χ4v) is 3.84. The van der Waals surface area contributed by atoms with Gasteiger partial charge in [0.05, 0.1) is 16.0 Å². The molecule has 0 unspecified atom stereocenters. The first-order chi connectivity index (χ1) is 17.2. The van der Waals surface area contributed by atoms with Gasteiger partial charge in [0.25, 0.3) is 11.6 Å². The van der Waals surface area contributed by atoms with E-state index in [0.717, 1.165) is 6.07 Å². The molecular formula is C25H18BrClFN3O5. The molecule has 1 N–H and O–H groups in total. The number of halogens is 3. The topological polar surface area (TPSA) is 114 Å². The summed E-state index contributed by atoms with van der Waals surface area (Å²) in [5.41, 5.74) is 0.263. The zero-order valence-electron chi connectivity index (χ0n) is 18.8. The average Bonchev–Trinajstić information content (AvgIpc) is 2.84. The number of hydrogen-bond acceptors (Lipinski definition) is 6. The molecule has 0 aromatic heterocycles. The van der Waals surface area contributed by atoms with Crippen LogP contribution in [0.5, 0.6) is 11.5 Å². The van der Waals surface area contributed by atoms with E-state index in [1.54, 1.807) is 37.3 Å². The van der Waals surface area contributed by atoms with Gasteiger partial charge in [0.15, 0.2) is 11.5 Å². The number of nitro benzene ring substituents is 1. The molecule has 0 atom stereocenters. The first-order valence-corrected chi connectivity index (χ1v) is 11.6. The molecule has 0 heterocycles. The molecule has 3 aromatic carbocycles. The summed E-state index contributed by atoms with van der Waals surface area (Å²) in [6.07, 6.45) is 1.33. The number of amides is 1. The molecule has 3 rings (SSSR count). The van der Waals surface area contributed by atoms with Crippen molar-refractivity contribution in [1.29, 1.82) is 5.26 Å². The molecule has 8 nitrogen and oxygen atoms in total. The molecule has 0 bridgehead atoms. The van der Waals surface area contributed by atoms with Gasteiger partial charge in [-0.2, -0.15) is 5.26 Å². The highest BCUT2D eigenvalue weighted by Gasteiger charge is 2.17. The minimum absolute atomic E-state index is 0.0420. The third-order valence-corrected chi connectivity index (χ3v) is 5.65. The molecule has 0 spiro atoms. The van der Waals surface area contributed by atoms with Gasteiger partial charge in [-0.3, -0.25) is 14.9 Å². The number of anilines is 1. The molecule has 184 valence electrons. The van der Waals surface area contributed by atoms with Gasteiger partial charge in [-0.1, -0.05) is 29.8 Å². The lowest BCUT2D eigenvalue weighted by Crippen LogP contribution is -2.13. The van der Waals surface area contributed by atoms with Crippen LogP contribution in [0, 0.1) is 27.3 Å². The summed E-state index contributed by atoms with van der Waals surface area (Å²) in [5.74, 6) is -0.529. The van der Waals surface area contributed by atoms with Crippen molar-refractivity contribution >= 4 is 50.9 Å². The van der Waals surface area contributed by atoms with E-state index in [-0.39, 0.29) is 28.6 Å². The standard InChI is InChI=1S/C25H18BrClFN3O5/c1-2-35-23-11-15(10-19(26)24(23)36-14-16-5-3-4-6-21(16)28)9-17(13-29)25(32)30-18-7-8-20(27)22(12-18)31(33)34/h3-12H,2,14H2,1H3,(H,30,32)/b17-9+. The Morgan fingerprint density at radius 3 is 2.67 bits per heavy atom. The number of ether oxygens (including phenoxy) is 2. The number of carbonyl (C=O) groups excluding carboxylic acids is 1. The third-order valence-electron chi connectivity index (χ3n) is 4.74. The van der Waals surface area contributed by atoms with Gasteiger partial charge in [0.1, 0.15) is 29.1 Å². The molecule has 3 aromatic rings. The molecule has 0 saturated heterocycles. The van der Waals surface area contributed by atoms with Crippen LogP contribution in [0.15, 0.2) is 64.6 Å². The highest BCUT2D eigenvalue weighted by atomic mass is 79.9. The second kappa shape index (κ2) is 12.2. The molecule has 0 aliphatic heterocycles. The maximum Gasteiger partial charge on any atom is 0.289 e. The van der Waals surface area contributed by atoms with E-state index >= 15 is 0 Å². The van der Waals surface area contributed by atoms with E-state index in [2.05, 4.69) is 21.2 Å². The number of hydrogen-bond donors (Lipinski definition) is 1. The highest BCUT2D eigenvalue weighted by molar-refractivity contribution is 9.10. The fourth-order valence-electron chi connectivity index (χ4n) is 3.08. The van der Waals surface area contributed by atoms with Crippen LogP contribution in [0.4, 0.5) is 15.8 Å². The van der Waals surface area contributed by atoms with Crippen LogP contribution < -0.4 is 14.8 Å². The summed E-state index contributed by atoms with van der Waals surface area (Å²) in [6, 6.07) is 15.0. The summed E-state index contributed by atoms with van der Waals surface area (Å²) >= 11 is 9.20. The summed E-state index contributed by atoms with van der Waals surface area (Å²) < 4.78 is 25.9. The van der Waals surface area contributed by atoms with Gasteiger partial charge in [-0.05, 0) is 64.8 Å². The zero-order chi connectivity index (χ0) is 26.2. The molecular weight excluding hydrogens is 557 g/mol. The van der Waals surface area contributed by atoms with E-state index in [1.165, 1.54) is 24.3 Å². The largest absolute Gasteiger partial charge is 0.490 e. The second-order valence-electron chi connectivity index (χ2n) is 7.19. The molecule has 36 heavy (non-hydrogen) atoms. The lowest BCUT2D eigenvalue weighted by molar-refractivity contribution is -0.384. The highest BCUT2D eigenvalue weighted by Crippen LogP contribution is 2.38. The Hall–Kier alpha value is -3.94. The SMILES string of the molecule is CCOc1cc(/C=C(\C#N)C(=O)Nc2ccc(Cl)c([N+](=O)[O-])c2)cc(Br)c1OCc1ccccc1F. The van der Waals surface area contributed by atoms with Crippen LogP contribution in [0.1, 0.15) is 18.1 Å². The summed E-state index contributed by atoms with van der Waals surface area (Å²) in [5, 5.41) is 23.0. The Morgan fingerprint density at radius 2 is 2.00 bits per heavy atom. The first kappa shape index (κ1) is 26.7. The van der Waals surface area contributed by atoms with Crippen molar-refractivity contribution in [1.82, 2.24) is 0 Å². The predicted octanol–water partition coefficient (Wildman–Crippen LogP) is 6.67. The molecule has 11 heteroatoms. The van der Waals surface area contributed by atoms with Crippen molar-refractivity contribution in [3.8, 4) is 17.6 Å². The Labute approximate surface area is 219 Å². The van der Waals surface area contributed by atoms with E-state index in [9.17, 15) is 24.6 Å². The van der Waals surface area contributed by atoms with E-state index in [1.807, 2.05) is 6.07 Å². The van der Waals surface area contributed by atoms with Crippen molar-refractivity contribution in [3.63, 3.8) is 0 Å². The fraction of sp³-hybridized carbons (Fsp3) is 0.120. The number of nitriles is 1. The van der Waals surface area contributed by atoms with Gasteiger partial charge in [0, 0.05) is 17.3 Å². The molecule has 0 fully saturated rings. The van der Waals surface area contributed by atoms with Crippen molar-refractivity contribution in [2.45, 2.75) is 13.5 Å².